The highest BCUT2D eigenvalue weighted by Gasteiger charge is 2.23. The number of likely N-dealkylation sites (N-methyl/N-ethyl adjacent to an activating group) is 1. The number of aliphatic hydroxyl groups excluding tert-OH is 1. The molecule has 3 atom stereocenters. The van der Waals surface area contributed by atoms with Crippen LogP contribution in [0.5, 0.6) is 0 Å². The van der Waals surface area contributed by atoms with Crippen LogP contribution in [0.1, 0.15) is 213 Å². The molecule has 0 saturated carbocycles. The van der Waals surface area contributed by atoms with E-state index in [2.05, 4.69) is 43.5 Å². The third-order valence-electron chi connectivity index (χ3n) is 10.6. The molecule has 0 aromatic carbocycles. The SMILES string of the molecule is CCCCCCCCCCCCCCCC/C=C/CC/C=C/CC/C=C/C(O)C(COP(=O)([O-])OCC[N+](C)(C)C)NC(=O)CCCCCCCCCCCCC. The van der Waals surface area contributed by atoms with Crippen molar-refractivity contribution in [1.29, 1.82) is 0 Å². The van der Waals surface area contributed by atoms with Crippen LogP contribution in [0.15, 0.2) is 36.5 Å². The number of phosphoric acid groups is 1. The molecule has 3 unspecified atom stereocenters. The first-order valence-electron chi connectivity index (χ1n) is 23.9. The summed E-state index contributed by atoms with van der Waals surface area (Å²) < 4.78 is 23.2. The summed E-state index contributed by atoms with van der Waals surface area (Å²) >= 11 is 0. The van der Waals surface area contributed by atoms with Crippen LogP contribution in [-0.2, 0) is 18.4 Å². The quantitative estimate of drug-likeness (QED) is 0.0274. The molecule has 2 N–H and O–H groups in total. The Morgan fingerprint density at radius 2 is 0.982 bits per heavy atom. The van der Waals surface area contributed by atoms with Gasteiger partial charge in [0.1, 0.15) is 13.2 Å². The number of carbonyl (C=O) groups is 1. The minimum Gasteiger partial charge on any atom is -0.756 e. The van der Waals surface area contributed by atoms with Crippen molar-refractivity contribution in [2.45, 2.75) is 225 Å². The van der Waals surface area contributed by atoms with Crippen LogP contribution in [-0.4, -0.2) is 68.5 Å². The lowest BCUT2D eigenvalue weighted by atomic mass is 10.0. The molecule has 0 bridgehead atoms. The van der Waals surface area contributed by atoms with E-state index >= 15 is 0 Å². The average molecular weight is 825 g/mol. The van der Waals surface area contributed by atoms with Gasteiger partial charge in [-0.25, -0.2) is 0 Å². The molecule has 0 aliphatic heterocycles. The maximum Gasteiger partial charge on any atom is 0.268 e. The second kappa shape index (κ2) is 40.1. The molecular weight excluding hydrogens is 732 g/mol. The number of amides is 1. The van der Waals surface area contributed by atoms with E-state index < -0.39 is 26.6 Å². The molecule has 0 aliphatic carbocycles. The Bertz CT molecular complexity index is 1030. The Labute approximate surface area is 353 Å². The number of phosphoric ester groups is 1. The zero-order chi connectivity index (χ0) is 42.1. The molecular formula is C48H93N2O6P. The van der Waals surface area contributed by atoms with Crippen LogP contribution in [0.25, 0.3) is 0 Å². The molecule has 0 aromatic heterocycles. The molecule has 0 aliphatic rings. The van der Waals surface area contributed by atoms with E-state index in [0.717, 1.165) is 44.9 Å². The Morgan fingerprint density at radius 1 is 0.596 bits per heavy atom. The largest absolute Gasteiger partial charge is 0.756 e. The maximum atomic E-state index is 12.8. The molecule has 0 rings (SSSR count). The number of hydrogen-bond acceptors (Lipinski definition) is 6. The van der Waals surface area contributed by atoms with Crippen molar-refractivity contribution in [3.05, 3.63) is 36.5 Å². The van der Waals surface area contributed by atoms with Gasteiger partial charge in [0.15, 0.2) is 0 Å². The van der Waals surface area contributed by atoms with Gasteiger partial charge in [0.25, 0.3) is 7.82 Å². The topological polar surface area (TPSA) is 108 Å². The summed E-state index contributed by atoms with van der Waals surface area (Å²) in [4.78, 5) is 25.3. The smallest absolute Gasteiger partial charge is 0.268 e. The lowest BCUT2D eigenvalue weighted by Crippen LogP contribution is -2.45. The third kappa shape index (κ3) is 42.6. The van der Waals surface area contributed by atoms with Crippen LogP contribution in [0.2, 0.25) is 0 Å². The molecule has 336 valence electrons. The van der Waals surface area contributed by atoms with Crippen molar-refractivity contribution in [3.8, 4) is 0 Å². The Kier molecular flexibility index (Phi) is 39.2. The molecule has 0 radical (unpaired) electrons. The number of unbranched alkanes of at least 4 members (excludes halogenated alkanes) is 26. The predicted octanol–water partition coefficient (Wildman–Crippen LogP) is 12.8. The van der Waals surface area contributed by atoms with Crippen molar-refractivity contribution >= 4 is 13.7 Å². The van der Waals surface area contributed by atoms with E-state index in [1.165, 1.54) is 148 Å². The molecule has 0 fully saturated rings. The van der Waals surface area contributed by atoms with Crippen molar-refractivity contribution in [2.75, 3.05) is 40.9 Å². The van der Waals surface area contributed by atoms with E-state index in [0.29, 0.717) is 17.4 Å². The number of nitrogens with zero attached hydrogens (tertiary/aromatic N) is 1. The van der Waals surface area contributed by atoms with Gasteiger partial charge in [0, 0.05) is 6.42 Å². The van der Waals surface area contributed by atoms with Gasteiger partial charge in [-0.2, -0.15) is 0 Å². The van der Waals surface area contributed by atoms with Gasteiger partial charge in [-0.1, -0.05) is 198 Å². The summed E-state index contributed by atoms with van der Waals surface area (Å²) in [6.07, 6.45) is 49.2. The second-order valence-electron chi connectivity index (χ2n) is 17.5. The third-order valence-corrected chi connectivity index (χ3v) is 11.5. The fourth-order valence-electron chi connectivity index (χ4n) is 6.77. The molecule has 1 amide bonds. The molecule has 0 aromatic rings. The van der Waals surface area contributed by atoms with Gasteiger partial charge in [0.2, 0.25) is 5.91 Å². The summed E-state index contributed by atoms with van der Waals surface area (Å²) in [5.41, 5.74) is 0. The van der Waals surface area contributed by atoms with Gasteiger partial charge >= 0.3 is 0 Å². The van der Waals surface area contributed by atoms with Crippen LogP contribution in [0.4, 0.5) is 0 Å². The van der Waals surface area contributed by atoms with Crippen molar-refractivity contribution in [1.82, 2.24) is 5.32 Å². The number of aliphatic hydroxyl groups is 1. The fraction of sp³-hybridized carbons (Fsp3) is 0.854. The molecule has 0 spiro atoms. The minimum absolute atomic E-state index is 0.00798. The highest BCUT2D eigenvalue weighted by atomic mass is 31.2. The molecule has 8 nitrogen and oxygen atoms in total. The Morgan fingerprint density at radius 3 is 1.42 bits per heavy atom. The summed E-state index contributed by atoms with van der Waals surface area (Å²) in [6.45, 7) is 4.61. The maximum absolute atomic E-state index is 12.8. The summed E-state index contributed by atoms with van der Waals surface area (Å²) in [7, 11) is 1.24. The first kappa shape index (κ1) is 55.7. The zero-order valence-electron chi connectivity index (χ0n) is 38.0. The number of nitrogens with one attached hydrogen (secondary N) is 1. The predicted molar refractivity (Wildman–Crippen MR) is 242 cm³/mol. The van der Waals surface area contributed by atoms with E-state index in [4.69, 9.17) is 9.05 Å². The number of hydrogen-bond donors (Lipinski definition) is 2. The fourth-order valence-corrected chi connectivity index (χ4v) is 7.50. The Hall–Kier alpha value is -1.28. The van der Waals surface area contributed by atoms with E-state index in [1.54, 1.807) is 6.08 Å². The van der Waals surface area contributed by atoms with E-state index in [9.17, 15) is 19.4 Å². The van der Waals surface area contributed by atoms with Gasteiger partial charge in [-0.3, -0.25) is 9.36 Å². The van der Waals surface area contributed by atoms with Crippen LogP contribution in [0, 0.1) is 0 Å². The van der Waals surface area contributed by atoms with Crippen molar-refractivity contribution < 1.29 is 32.9 Å². The molecule has 0 saturated heterocycles. The number of quaternary nitrogens is 1. The monoisotopic (exact) mass is 825 g/mol. The summed E-state index contributed by atoms with van der Waals surface area (Å²) in [5, 5.41) is 13.8. The van der Waals surface area contributed by atoms with Gasteiger partial charge in [0.05, 0.1) is 39.9 Å². The number of allylic oxidation sites excluding steroid dienone is 5. The lowest BCUT2D eigenvalue weighted by Gasteiger charge is -2.29. The first-order valence-corrected chi connectivity index (χ1v) is 25.3. The second-order valence-corrected chi connectivity index (χ2v) is 18.9. The molecule has 57 heavy (non-hydrogen) atoms. The van der Waals surface area contributed by atoms with E-state index in [1.807, 2.05) is 27.2 Å². The van der Waals surface area contributed by atoms with Crippen LogP contribution in [0.3, 0.4) is 0 Å². The van der Waals surface area contributed by atoms with Gasteiger partial charge in [-0.15, -0.1) is 0 Å². The number of rotatable bonds is 43. The number of carbonyl (C=O) groups excluding carboxylic acids is 1. The zero-order valence-corrected chi connectivity index (χ0v) is 38.9. The molecule has 9 heteroatoms. The van der Waals surface area contributed by atoms with Crippen molar-refractivity contribution in [3.63, 3.8) is 0 Å². The van der Waals surface area contributed by atoms with Crippen LogP contribution >= 0.6 is 7.82 Å². The highest BCUT2D eigenvalue weighted by molar-refractivity contribution is 7.45. The minimum atomic E-state index is -4.60. The highest BCUT2D eigenvalue weighted by Crippen LogP contribution is 2.38. The average Bonchev–Trinajstić information content (AvgIpc) is 3.16. The standard InChI is InChI=1S/C48H93N2O6P/c1-6-8-10-12-14-16-18-19-20-21-22-23-24-25-26-27-28-29-30-32-33-35-37-39-41-47(51)46(45-56-57(53,54)55-44-43-50(3,4)5)49-48(52)42-40-38-36-34-31-17-15-13-11-9-7-2/h27-28,32-33,39,41,46-47,51H,6-26,29-31,34-38,40,42-45H2,1-5H3,(H-,49,52,53,54)/b28-27+,33-32+,41-39+. The van der Waals surface area contributed by atoms with E-state index in [-0.39, 0.29) is 12.5 Å². The summed E-state index contributed by atoms with van der Waals surface area (Å²) in [5.74, 6) is -0.213. The van der Waals surface area contributed by atoms with Crippen molar-refractivity contribution in [2.24, 2.45) is 0 Å². The first-order chi connectivity index (χ1) is 27.5. The normalized spacial score (nSPS) is 14.6. The lowest BCUT2D eigenvalue weighted by molar-refractivity contribution is -0.870. The Balaban J connectivity index is 4.36. The van der Waals surface area contributed by atoms with Gasteiger partial charge in [-0.05, 0) is 44.9 Å². The summed E-state index contributed by atoms with van der Waals surface area (Å²) in [6, 6.07) is -0.905. The van der Waals surface area contributed by atoms with Gasteiger partial charge < -0.3 is 28.8 Å². The molecule has 0 heterocycles. The van der Waals surface area contributed by atoms with Crippen LogP contribution < -0.4 is 10.2 Å².